The quantitative estimate of drug-likeness (QED) is 0.210. The van der Waals surface area contributed by atoms with Gasteiger partial charge in [0.25, 0.3) is 11.8 Å². The molecule has 1 aliphatic heterocycles. The minimum Gasteiger partial charge on any atom is -0.488 e. The van der Waals surface area contributed by atoms with Crippen molar-refractivity contribution in [1.29, 1.82) is 0 Å². The van der Waals surface area contributed by atoms with Gasteiger partial charge in [-0.3, -0.25) is 14.9 Å². The number of hydrogen-bond donors (Lipinski definition) is 1. The number of anilines is 1. The van der Waals surface area contributed by atoms with Crippen LogP contribution in [0.2, 0.25) is 5.02 Å². The molecule has 0 aliphatic carbocycles. The van der Waals surface area contributed by atoms with Gasteiger partial charge in [-0.2, -0.15) is 0 Å². The fraction of sp³-hybridized carbons (Fsp3) is 0.0690. The molecule has 0 saturated carbocycles. The largest absolute Gasteiger partial charge is 0.488 e. The van der Waals surface area contributed by atoms with Crippen molar-refractivity contribution >= 4 is 67.9 Å². The highest BCUT2D eigenvalue weighted by Crippen LogP contribution is 2.31. The third-order valence-electron chi connectivity index (χ3n) is 6.04. The molecule has 0 spiro atoms. The lowest BCUT2D eigenvalue weighted by Gasteiger charge is -2.27. The zero-order valence-electron chi connectivity index (χ0n) is 19.6. The van der Waals surface area contributed by atoms with E-state index in [4.69, 9.17) is 16.3 Å². The Morgan fingerprint density at radius 3 is 2.57 bits per heavy atom. The molecule has 0 bridgehead atoms. The first-order valence-corrected chi connectivity index (χ1v) is 12.6. The normalized spacial score (nSPS) is 14.8. The number of nitrogens with zero attached hydrogens (tertiary/aromatic N) is 1. The topological polar surface area (TPSA) is 75.7 Å². The lowest BCUT2D eigenvalue weighted by atomic mass is 10.1. The van der Waals surface area contributed by atoms with Gasteiger partial charge in [0, 0.05) is 5.02 Å². The van der Waals surface area contributed by atoms with Crippen molar-refractivity contribution in [2.24, 2.45) is 0 Å². The third kappa shape index (κ3) is 5.01. The summed E-state index contributed by atoms with van der Waals surface area (Å²) in [5, 5.41) is 4.86. The van der Waals surface area contributed by atoms with E-state index in [1.165, 1.54) is 12.1 Å². The average Bonchev–Trinajstić information content (AvgIpc) is 2.88. The summed E-state index contributed by atoms with van der Waals surface area (Å²) >= 11 is 9.61. The molecule has 0 atom stereocenters. The summed E-state index contributed by atoms with van der Waals surface area (Å²) in [4.78, 5) is 39.2. The maximum absolute atomic E-state index is 13.2. The van der Waals surface area contributed by atoms with Crippen LogP contribution in [0.1, 0.15) is 16.7 Å². The number of imide groups is 2. The molecule has 5 rings (SSSR count). The Morgan fingerprint density at radius 2 is 1.76 bits per heavy atom. The molecular formula is C29H20BrClN2O4. The van der Waals surface area contributed by atoms with Crippen molar-refractivity contribution in [3.8, 4) is 5.75 Å². The molecule has 0 unspecified atom stereocenters. The molecule has 0 radical (unpaired) electrons. The van der Waals surface area contributed by atoms with Crippen LogP contribution >= 0.6 is 27.5 Å². The Balaban J connectivity index is 1.39. The van der Waals surface area contributed by atoms with Crippen LogP contribution in [-0.2, 0) is 16.2 Å². The van der Waals surface area contributed by atoms with Crippen LogP contribution < -0.4 is 15.0 Å². The summed E-state index contributed by atoms with van der Waals surface area (Å²) in [6.07, 6.45) is 1.44. The number of carbonyl (C=O) groups excluding carboxylic acids is 3. The van der Waals surface area contributed by atoms with Crippen molar-refractivity contribution in [2.45, 2.75) is 13.5 Å². The molecule has 8 heteroatoms. The minimum absolute atomic E-state index is 0.171. The second-order valence-electron chi connectivity index (χ2n) is 8.51. The van der Waals surface area contributed by atoms with Crippen molar-refractivity contribution in [3.63, 3.8) is 0 Å². The predicted molar refractivity (Wildman–Crippen MR) is 148 cm³/mol. The van der Waals surface area contributed by atoms with E-state index in [-0.39, 0.29) is 5.57 Å². The van der Waals surface area contributed by atoms with Gasteiger partial charge in [0.05, 0.1) is 10.2 Å². The van der Waals surface area contributed by atoms with Gasteiger partial charge in [0.2, 0.25) is 0 Å². The summed E-state index contributed by atoms with van der Waals surface area (Å²) in [5.74, 6) is -0.884. The van der Waals surface area contributed by atoms with Crippen molar-refractivity contribution < 1.29 is 19.1 Å². The Kier molecular flexibility index (Phi) is 6.82. The number of barbiturate groups is 1. The van der Waals surface area contributed by atoms with Gasteiger partial charge in [-0.05, 0) is 80.7 Å². The first kappa shape index (κ1) is 24.7. The summed E-state index contributed by atoms with van der Waals surface area (Å²) in [7, 11) is 0. The zero-order valence-corrected chi connectivity index (χ0v) is 22.0. The maximum Gasteiger partial charge on any atom is 0.335 e. The summed E-state index contributed by atoms with van der Waals surface area (Å²) in [6.45, 7) is 2.12. The molecule has 1 saturated heterocycles. The highest BCUT2D eigenvalue weighted by atomic mass is 79.9. The molecular weight excluding hydrogens is 556 g/mol. The van der Waals surface area contributed by atoms with Crippen LogP contribution in [0.25, 0.3) is 16.8 Å². The summed E-state index contributed by atoms with van der Waals surface area (Å²) in [6, 6.07) is 23.5. The maximum atomic E-state index is 13.2. The number of hydrogen-bond acceptors (Lipinski definition) is 4. The summed E-state index contributed by atoms with van der Waals surface area (Å²) in [5.41, 5.74) is 2.45. The molecule has 1 aliphatic rings. The van der Waals surface area contributed by atoms with Crippen LogP contribution in [0.3, 0.4) is 0 Å². The Labute approximate surface area is 226 Å². The van der Waals surface area contributed by atoms with E-state index < -0.39 is 17.8 Å². The SMILES string of the molecule is Cc1ccc(Cl)cc1N1C(=O)NC(=O)/C(=C\c2ccc(OCc3cccc4ccccc34)c(Br)c2)C1=O. The van der Waals surface area contributed by atoms with E-state index in [1.54, 1.807) is 37.3 Å². The second-order valence-corrected chi connectivity index (χ2v) is 9.80. The Bertz CT molecular complexity index is 1610. The van der Waals surface area contributed by atoms with Crippen LogP contribution in [0.4, 0.5) is 10.5 Å². The number of ether oxygens (including phenoxy) is 1. The standard InChI is InChI=1S/C29H20BrClN2O4/c1-17-9-11-21(31)15-25(17)33-28(35)23(27(34)32-29(33)36)13-18-10-12-26(24(30)14-18)37-16-20-7-4-6-19-5-2-3-8-22(19)20/h2-15H,16H2,1H3,(H,32,34,36)/b23-13+. The average molecular weight is 576 g/mol. The predicted octanol–water partition coefficient (Wildman–Crippen LogP) is 6.81. The first-order chi connectivity index (χ1) is 17.8. The molecule has 4 aromatic carbocycles. The molecule has 1 fully saturated rings. The zero-order chi connectivity index (χ0) is 26.1. The first-order valence-electron chi connectivity index (χ1n) is 11.4. The van der Waals surface area contributed by atoms with E-state index >= 15 is 0 Å². The molecule has 4 aromatic rings. The number of aryl methyl sites for hydroxylation is 1. The fourth-order valence-electron chi connectivity index (χ4n) is 4.16. The number of rotatable bonds is 5. The highest BCUT2D eigenvalue weighted by Gasteiger charge is 2.37. The number of halogens is 2. The van der Waals surface area contributed by atoms with E-state index in [0.29, 0.717) is 38.7 Å². The smallest absolute Gasteiger partial charge is 0.335 e. The molecule has 6 nitrogen and oxygen atoms in total. The number of carbonyl (C=O) groups is 3. The van der Waals surface area contributed by atoms with Gasteiger partial charge in [-0.15, -0.1) is 0 Å². The second kappa shape index (κ2) is 10.2. The molecule has 184 valence electrons. The van der Waals surface area contributed by atoms with Gasteiger partial charge in [-0.1, -0.05) is 66.2 Å². The van der Waals surface area contributed by atoms with E-state index in [0.717, 1.165) is 21.2 Å². The number of amides is 4. The van der Waals surface area contributed by atoms with E-state index in [2.05, 4.69) is 39.4 Å². The number of fused-ring (bicyclic) bond motifs is 1. The lowest BCUT2D eigenvalue weighted by molar-refractivity contribution is -0.122. The molecule has 1 heterocycles. The monoisotopic (exact) mass is 574 g/mol. The highest BCUT2D eigenvalue weighted by molar-refractivity contribution is 9.10. The molecule has 1 N–H and O–H groups in total. The van der Waals surface area contributed by atoms with Gasteiger partial charge in [0.1, 0.15) is 17.9 Å². The van der Waals surface area contributed by atoms with Crippen LogP contribution in [-0.4, -0.2) is 17.8 Å². The van der Waals surface area contributed by atoms with Crippen molar-refractivity contribution in [1.82, 2.24) is 5.32 Å². The fourth-order valence-corrected chi connectivity index (χ4v) is 4.84. The van der Waals surface area contributed by atoms with Crippen LogP contribution in [0.5, 0.6) is 5.75 Å². The van der Waals surface area contributed by atoms with Gasteiger partial charge in [-0.25, -0.2) is 9.69 Å². The Hall–Kier alpha value is -3.94. The number of nitrogens with one attached hydrogen (secondary N) is 1. The number of urea groups is 1. The lowest BCUT2D eigenvalue weighted by Crippen LogP contribution is -2.54. The molecule has 0 aromatic heterocycles. The van der Waals surface area contributed by atoms with Gasteiger partial charge in [0.15, 0.2) is 0 Å². The third-order valence-corrected chi connectivity index (χ3v) is 6.90. The van der Waals surface area contributed by atoms with Crippen molar-refractivity contribution in [2.75, 3.05) is 4.90 Å². The van der Waals surface area contributed by atoms with Crippen LogP contribution in [0, 0.1) is 6.92 Å². The molecule has 37 heavy (non-hydrogen) atoms. The van der Waals surface area contributed by atoms with Crippen LogP contribution in [0.15, 0.2) is 88.9 Å². The van der Waals surface area contributed by atoms with E-state index in [9.17, 15) is 14.4 Å². The molecule has 4 amide bonds. The van der Waals surface area contributed by atoms with Gasteiger partial charge >= 0.3 is 6.03 Å². The summed E-state index contributed by atoms with van der Waals surface area (Å²) < 4.78 is 6.71. The Morgan fingerprint density at radius 1 is 0.973 bits per heavy atom. The van der Waals surface area contributed by atoms with E-state index in [1.807, 2.05) is 24.3 Å². The van der Waals surface area contributed by atoms with Gasteiger partial charge < -0.3 is 4.74 Å². The minimum atomic E-state index is -0.823. The number of benzene rings is 4. The van der Waals surface area contributed by atoms with Crippen molar-refractivity contribution in [3.05, 3.63) is 111 Å².